The van der Waals surface area contributed by atoms with Crippen molar-refractivity contribution in [3.63, 3.8) is 0 Å². The summed E-state index contributed by atoms with van der Waals surface area (Å²) in [6.07, 6.45) is -2.28. The molecule has 1 aromatic rings. The van der Waals surface area contributed by atoms with Gasteiger partial charge in [-0.3, -0.25) is 4.79 Å². The van der Waals surface area contributed by atoms with E-state index in [1.165, 1.54) is 23.1 Å². The maximum absolute atomic E-state index is 12.5. The van der Waals surface area contributed by atoms with Crippen LogP contribution in [0.3, 0.4) is 0 Å². The minimum Gasteiger partial charge on any atom is -0.383 e. The van der Waals surface area contributed by atoms with Gasteiger partial charge in [-0.1, -0.05) is 6.07 Å². The van der Waals surface area contributed by atoms with Gasteiger partial charge in [-0.2, -0.15) is 0 Å². The molecule has 6 heteroatoms. The van der Waals surface area contributed by atoms with Crippen LogP contribution in [0.1, 0.15) is 17.5 Å². The predicted molar refractivity (Wildman–Crippen MR) is 85.7 cm³/mol. The predicted octanol–water partition coefficient (Wildman–Crippen LogP) is 3.53. The van der Waals surface area contributed by atoms with Crippen LogP contribution in [0.15, 0.2) is 23.1 Å². The molecule has 1 rings (SSSR count). The summed E-state index contributed by atoms with van der Waals surface area (Å²) in [5.41, 5.74) is 2.43. The summed E-state index contributed by atoms with van der Waals surface area (Å²) in [6.45, 7) is 4.03. The molecular formula is C16H23F2NO2S. The van der Waals surface area contributed by atoms with Crippen molar-refractivity contribution in [2.45, 2.75) is 31.6 Å². The fraction of sp³-hybridized carbons (Fsp3) is 0.562. The molecule has 0 N–H and O–H groups in total. The number of aryl methyl sites for hydroxylation is 2. The Hall–Kier alpha value is -1.14. The van der Waals surface area contributed by atoms with Gasteiger partial charge in [0.25, 0.3) is 6.43 Å². The number of nitrogens with zero attached hydrogens (tertiary/aromatic N) is 1. The van der Waals surface area contributed by atoms with Gasteiger partial charge in [0.05, 0.1) is 13.2 Å². The van der Waals surface area contributed by atoms with Gasteiger partial charge in [0, 0.05) is 30.7 Å². The highest BCUT2D eigenvalue weighted by molar-refractivity contribution is 7.99. The van der Waals surface area contributed by atoms with E-state index in [0.29, 0.717) is 5.75 Å². The number of hydrogen-bond acceptors (Lipinski definition) is 3. The lowest BCUT2D eigenvalue weighted by molar-refractivity contribution is -0.133. The van der Waals surface area contributed by atoms with Crippen LogP contribution < -0.4 is 0 Å². The Morgan fingerprint density at radius 1 is 1.32 bits per heavy atom. The van der Waals surface area contributed by atoms with Crippen LogP contribution in [0.2, 0.25) is 0 Å². The van der Waals surface area contributed by atoms with Gasteiger partial charge in [0.2, 0.25) is 5.91 Å². The van der Waals surface area contributed by atoms with Gasteiger partial charge in [-0.05, 0) is 37.1 Å². The second-order valence-corrected chi connectivity index (χ2v) is 6.24. The van der Waals surface area contributed by atoms with Crippen LogP contribution in [0.4, 0.5) is 8.78 Å². The van der Waals surface area contributed by atoms with Crippen LogP contribution in [-0.4, -0.2) is 49.8 Å². The summed E-state index contributed by atoms with van der Waals surface area (Å²) < 4.78 is 29.9. The van der Waals surface area contributed by atoms with Crippen molar-refractivity contribution in [3.8, 4) is 0 Å². The van der Waals surface area contributed by atoms with Crippen LogP contribution in [0.25, 0.3) is 0 Å². The Labute approximate surface area is 135 Å². The number of carbonyl (C=O) groups is 1. The quantitative estimate of drug-likeness (QED) is 0.648. The minimum absolute atomic E-state index is 0.202. The Morgan fingerprint density at radius 2 is 2.05 bits per heavy atom. The Kier molecular flexibility index (Phi) is 8.42. The monoisotopic (exact) mass is 331 g/mol. The third-order valence-corrected chi connectivity index (χ3v) is 4.33. The smallest absolute Gasteiger partial charge is 0.255 e. The normalized spacial score (nSPS) is 11.0. The van der Waals surface area contributed by atoms with Crippen molar-refractivity contribution in [2.24, 2.45) is 0 Å². The number of ether oxygens (including phenoxy) is 1. The molecule has 124 valence electrons. The first-order valence-corrected chi connectivity index (χ1v) is 8.17. The maximum Gasteiger partial charge on any atom is 0.255 e. The SMILES string of the molecule is COCCN(CC(F)F)C(=O)CCSc1ccc(C)c(C)c1. The fourth-order valence-electron chi connectivity index (χ4n) is 1.90. The number of methoxy groups -OCH3 is 1. The average Bonchev–Trinajstić information content (AvgIpc) is 2.46. The summed E-state index contributed by atoms with van der Waals surface area (Å²) in [4.78, 5) is 14.3. The molecule has 0 spiro atoms. The van der Waals surface area contributed by atoms with Crippen molar-refractivity contribution in [1.82, 2.24) is 4.90 Å². The van der Waals surface area contributed by atoms with E-state index in [0.717, 1.165) is 4.90 Å². The summed E-state index contributed by atoms with van der Waals surface area (Å²) in [5.74, 6) is 0.322. The van der Waals surface area contributed by atoms with Crippen LogP contribution in [0, 0.1) is 13.8 Å². The van der Waals surface area contributed by atoms with Crippen LogP contribution in [0.5, 0.6) is 0 Å². The molecule has 0 saturated carbocycles. The topological polar surface area (TPSA) is 29.5 Å². The molecule has 1 amide bonds. The van der Waals surface area contributed by atoms with Gasteiger partial charge in [0.15, 0.2) is 0 Å². The molecule has 0 fully saturated rings. The molecule has 0 aliphatic rings. The number of thioether (sulfide) groups is 1. The molecule has 0 aromatic heterocycles. The molecule has 0 heterocycles. The standard InChI is InChI=1S/C16H23F2NO2S/c1-12-4-5-14(10-13(12)2)22-9-6-16(20)19(7-8-21-3)11-15(17)18/h4-5,10,15H,6-9,11H2,1-3H3. The van der Waals surface area contributed by atoms with E-state index in [-0.39, 0.29) is 25.5 Å². The molecule has 0 unspecified atom stereocenters. The van der Waals surface area contributed by atoms with Gasteiger partial charge >= 0.3 is 0 Å². The summed E-state index contributed by atoms with van der Waals surface area (Å²) >= 11 is 1.57. The zero-order valence-corrected chi connectivity index (χ0v) is 14.1. The second-order valence-electron chi connectivity index (χ2n) is 5.07. The highest BCUT2D eigenvalue weighted by Gasteiger charge is 2.17. The van der Waals surface area contributed by atoms with Crippen molar-refractivity contribution in [1.29, 1.82) is 0 Å². The van der Waals surface area contributed by atoms with Crippen molar-refractivity contribution >= 4 is 17.7 Å². The fourth-order valence-corrected chi connectivity index (χ4v) is 2.84. The lowest BCUT2D eigenvalue weighted by atomic mass is 10.1. The molecule has 0 radical (unpaired) electrons. The zero-order valence-electron chi connectivity index (χ0n) is 13.3. The highest BCUT2D eigenvalue weighted by Crippen LogP contribution is 2.22. The van der Waals surface area contributed by atoms with Crippen molar-refractivity contribution in [2.75, 3.05) is 32.6 Å². The van der Waals surface area contributed by atoms with Gasteiger partial charge in [-0.25, -0.2) is 8.78 Å². The van der Waals surface area contributed by atoms with E-state index in [1.807, 2.05) is 26.0 Å². The molecule has 22 heavy (non-hydrogen) atoms. The first-order valence-electron chi connectivity index (χ1n) is 7.19. The summed E-state index contributed by atoms with van der Waals surface area (Å²) in [6, 6.07) is 6.13. The number of amides is 1. The molecule has 0 aliphatic heterocycles. The van der Waals surface area contributed by atoms with E-state index in [1.54, 1.807) is 11.8 Å². The Bertz CT molecular complexity index is 483. The van der Waals surface area contributed by atoms with Crippen LogP contribution in [-0.2, 0) is 9.53 Å². The zero-order chi connectivity index (χ0) is 16.5. The number of carbonyl (C=O) groups excluding carboxylic acids is 1. The molecule has 3 nitrogen and oxygen atoms in total. The first-order chi connectivity index (χ1) is 10.4. The van der Waals surface area contributed by atoms with Crippen LogP contribution >= 0.6 is 11.8 Å². The Morgan fingerprint density at radius 3 is 2.64 bits per heavy atom. The van der Waals surface area contributed by atoms with E-state index in [2.05, 4.69) is 6.07 Å². The molecular weight excluding hydrogens is 308 g/mol. The number of halogens is 2. The largest absolute Gasteiger partial charge is 0.383 e. The highest BCUT2D eigenvalue weighted by atomic mass is 32.2. The summed E-state index contributed by atoms with van der Waals surface area (Å²) in [5, 5.41) is 0. The third kappa shape index (κ3) is 6.75. The molecule has 0 aliphatic carbocycles. The van der Waals surface area contributed by atoms with Crippen molar-refractivity contribution < 1.29 is 18.3 Å². The molecule has 0 saturated heterocycles. The number of benzene rings is 1. The van der Waals surface area contributed by atoms with Gasteiger partial charge < -0.3 is 9.64 Å². The van der Waals surface area contributed by atoms with E-state index >= 15 is 0 Å². The van der Waals surface area contributed by atoms with Crippen molar-refractivity contribution in [3.05, 3.63) is 29.3 Å². The first kappa shape index (κ1) is 18.9. The van der Waals surface area contributed by atoms with E-state index in [9.17, 15) is 13.6 Å². The molecule has 1 aromatic carbocycles. The Balaban J connectivity index is 2.46. The number of alkyl halides is 2. The van der Waals surface area contributed by atoms with E-state index in [4.69, 9.17) is 4.74 Å². The minimum atomic E-state index is -2.52. The molecule has 0 bridgehead atoms. The lowest BCUT2D eigenvalue weighted by Gasteiger charge is -2.21. The third-order valence-electron chi connectivity index (χ3n) is 3.34. The number of rotatable bonds is 9. The maximum atomic E-state index is 12.5. The number of hydrogen-bond donors (Lipinski definition) is 0. The van der Waals surface area contributed by atoms with Gasteiger partial charge in [-0.15, -0.1) is 11.8 Å². The average molecular weight is 331 g/mol. The lowest BCUT2D eigenvalue weighted by Crippen LogP contribution is -2.37. The summed E-state index contributed by atoms with van der Waals surface area (Å²) in [7, 11) is 1.49. The second kappa shape index (κ2) is 9.79. The van der Waals surface area contributed by atoms with E-state index < -0.39 is 13.0 Å². The van der Waals surface area contributed by atoms with Gasteiger partial charge in [0.1, 0.15) is 0 Å². The molecule has 0 atom stereocenters.